The van der Waals surface area contributed by atoms with Gasteiger partial charge in [-0.3, -0.25) is 0 Å². The molecule has 0 aromatic carbocycles. The molecule has 0 saturated heterocycles. The Bertz CT molecular complexity index is 231. The van der Waals surface area contributed by atoms with Crippen molar-refractivity contribution in [3.05, 3.63) is 0 Å². The van der Waals surface area contributed by atoms with Crippen molar-refractivity contribution in [1.82, 2.24) is 5.32 Å². The predicted octanol–water partition coefficient (Wildman–Crippen LogP) is 4.61. The van der Waals surface area contributed by atoms with Crippen LogP contribution in [0, 0.1) is 5.92 Å². The molecule has 2 aliphatic rings. The molecule has 1 nitrogen and oxygen atoms in total. The number of rotatable bonds is 4. The molecule has 4 unspecified atom stereocenters. The fraction of sp³-hybridized carbons (Fsp3) is 1.00. The van der Waals surface area contributed by atoms with E-state index < -0.39 is 0 Å². The maximum atomic E-state index is 4.02. The molecule has 0 heterocycles. The van der Waals surface area contributed by atoms with Crippen LogP contribution in [0.15, 0.2) is 0 Å². The summed E-state index contributed by atoms with van der Waals surface area (Å²) in [6, 6.07) is 1.62. The molecule has 4 atom stereocenters. The number of hydrogen-bond acceptors (Lipinski definition) is 2. The van der Waals surface area contributed by atoms with Crippen molar-refractivity contribution in [2.75, 3.05) is 6.26 Å². The van der Waals surface area contributed by atoms with Crippen LogP contribution >= 0.6 is 11.8 Å². The molecule has 2 aliphatic carbocycles. The minimum atomic E-state index is 0.803. The summed E-state index contributed by atoms with van der Waals surface area (Å²) in [5.74, 6) is 1.01. The van der Waals surface area contributed by atoms with Gasteiger partial charge in [0.1, 0.15) is 0 Å². The molecule has 2 saturated carbocycles. The van der Waals surface area contributed by atoms with Crippen molar-refractivity contribution >= 4 is 11.8 Å². The maximum absolute atomic E-state index is 4.02. The second-order valence-corrected chi connectivity index (χ2v) is 7.39. The molecule has 0 radical (unpaired) electrons. The number of hydrogen-bond donors (Lipinski definition) is 1. The zero-order valence-electron chi connectivity index (χ0n) is 12.3. The summed E-state index contributed by atoms with van der Waals surface area (Å²) in [7, 11) is 0. The Morgan fingerprint density at radius 3 is 2.56 bits per heavy atom. The monoisotopic (exact) mass is 269 g/mol. The Balaban J connectivity index is 1.80. The molecule has 2 rings (SSSR count). The van der Waals surface area contributed by atoms with Crippen molar-refractivity contribution in [3.8, 4) is 0 Å². The molecule has 18 heavy (non-hydrogen) atoms. The SMILES string of the molecule is CCC1CCCC(NC2CCCCC2SC)CC1. The summed E-state index contributed by atoms with van der Waals surface area (Å²) in [5.41, 5.74) is 0. The number of thioether (sulfide) groups is 1. The quantitative estimate of drug-likeness (QED) is 0.748. The first-order valence-corrected chi connectivity index (χ1v) is 9.41. The second kappa shape index (κ2) is 7.79. The fourth-order valence-electron chi connectivity index (χ4n) is 3.83. The molecular formula is C16H31NS. The molecule has 1 N–H and O–H groups in total. The van der Waals surface area contributed by atoms with Crippen LogP contribution < -0.4 is 5.32 Å². The van der Waals surface area contributed by atoms with E-state index in [1.807, 2.05) is 0 Å². The summed E-state index contributed by atoms with van der Waals surface area (Å²) in [6.07, 6.45) is 16.7. The van der Waals surface area contributed by atoms with Gasteiger partial charge in [-0.1, -0.05) is 39.0 Å². The van der Waals surface area contributed by atoms with E-state index in [4.69, 9.17) is 0 Å². The fourth-order valence-corrected chi connectivity index (χ4v) is 4.77. The van der Waals surface area contributed by atoms with E-state index in [0.717, 1.165) is 23.3 Å². The molecule has 106 valence electrons. The van der Waals surface area contributed by atoms with E-state index in [1.54, 1.807) is 0 Å². The maximum Gasteiger partial charge on any atom is 0.0198 e. The molecule has 0 aromatic heterocycles. The van der Waals surface area contributed by atoms with Gasteiger partial charge in [0, 0.05) is 17.3 Å². The van der Waals surface area contributed by atoms with Crippen LogP contribution in [0.3, 0.4) is 0 Å². The van der Waals surface area contributed by atoms with Crippen LogP contribution in [0.25, 0.3) is 0 Å². The third-order valence-corrected chi connectivity index (χ3v) is 6.29. The minimum Gasteiger partial charge on any atom is -0.310 e. The molecule has 2 heteroatoms. The lowest BCUT2D eigenvalue weighted by Gasteiger charge is -2.34. The van der Waals surface area contributed by atoms with E-state index >= 15 is 0 Å². The molecule has 0 aliphatic heterocycles. The van der Waals surface area contributed by atoms with Gasteiger partial charge in [-0.2, -0.15) is 11.8 Å². The van der Waals surface area contributed by atoms with Crippen LogP contribution in [-0.2, 0) is 0 Å². The summed E-state index contributed by atoms with van der Waals surface area (Å²) in [6.45, 7) is 2.36. The molecule has 0 spiro atoms. The van der Waals surface area contributed by atoms with Gasteiger partial charge in [-0.15, -0.1) is 0 Å². The van der Waals surface area contributed by atoms with Crippen LogP contribution in [0.5, 0.6) is 0 Å². The van der Waals surface area contributed by atoms with Crippen molar-refractivity contribution in [2.24, 2.45) is 5.92 Å². The number of nitrogens with one attached hydrogen (secondary N) is 1. The van der Waals surface area contributed by atoms with E-state index in [0.29, 0.717) is 0 Å². The molecule has 0 aromatic rings. The highest BCUT2D eigenvalue weighted by atomic mass is 32.2. The smallest absolute Gasteiger partial charge is 0.0198 e. The standard InChI is InChI=1S/C16H31NS/c1-3-13-7-6-8-14(12-11-13)17-15-9-4-5-10-16(15)18-2/h13-17H,3-12H2,1-2H3. The lowest BCUT2D eigenvalue weighted by atomic mass is 9.93. The van der Waals surface area contributed by atoms with E-state index in [9.17, 15) is 0 Å². The Hall–Kier alpha value is 0.310. The summed E-state index contributed by atoms with van der Waals surface area (Å²) in [5, 5.41) is 4.90. The van der Waals surface area contributed by atoms with Crippen LogP contribution in [0.4, 0.5) is 0 Å². The van der Waals surface area contributed by atoms with Crippen molar-refractivity contribution < 1.29 is 0 Å². The van der Waals surface area contributed by atoms with Crippen LogP contribution in [0.1, 0.15) is 71.1 Å². The lowest BCUT2D eigenvalue weighted by Crippen LogP contribution is -2.45. The Morgan fingerprint density at radius 1 is 0.944 bits per heavy atom. The normalized spacial score (nSPS) is 38.3. The van der Waals surface area contributed by atoms with Gasteiger partial charge in [0.25, 0.3) is 0 Å². The highest BCUT2D eigenvalue weighted by Gasteiger charge is 2.27. The highest BCUT2D eigenvalue weighted by Crippen LogP contribution is 2.30. The van der Waals surface area contributed by atoms with E-state index in [-0.39, 0.29) is 0 Å². The lowest BCUT2D eigenvalue weighted by molar-refractivity contribution is 0.325. The first kappa shape index (κ1) is 14.7. The van der Waals surface area contributed by atoms with Gasteiger partial charge in [0.15, 0.2) is 0 Å². The molecule has 2 fully saturated rings. The van der Waals surface area contributed by atoms with Crippen molar-refractivity contribution in [2.45, 2.75) is 88.5 Å². The van der Waals surface area contributed by atoms with Crippen LogP contribution in [0.2, 0.25) is 0 Å². The van der Waals surface area contributed by atoms with Gasteiger partial charge in [0.2, 0.25) is 0 Å². The minimum absolute atomic E-state index is 0.803. The average Bonchev–Trinajstić information content (AvgIpc) is 2.64. The third kappa shape index (κ3) is 4.16. The highest BCUT2D eigenvalue weighted by molar-refractivity contribution is 7.99. The van der Waals surface area contributed by atoms with Crippen LogP contribution in [-0.4, -0.2) is 23.6 Å². The van der Waals surface area contributed by atoms with Gasteiger partial charge in [-0.05, 0) is 44.3 Å². The Labute approximate surface area is 118 Å². The Kier molecular flexibility index (Phi) is 6.37. The van der Waals surface area contributed by atoms with Gasteiger partial charge in [-0.25, -0.2) is 0 Å². The Morgan fingerprint density at radius 2 is 1.78 bits per heavy atom. The van der Waals surface area contributed by atoms with Gasteiger partial charge >= 0.3 is 0 Å². The molecular weight excluding hydrogens is 238 g/mol. The first-order valence-electron chi connectivity index (χ1n) is 8.12. The average molecular weight is 269 g/mol. The zero-order chi connectivity index (χ0) is 12.8. The molecule has 0 bridgehead atoms. The predicted molar refractivity (Wildman–Crippen MR) is 83.3 cm³/mol. The van der Waals surface area contributed by atoms with Gasteiger partial charge < -0.3 is 5.32 Å². The van der Waals surface area contributed by atoms with Gasteiger partial charge in [0.05, 0.1) is 0 Å². The third-order valence-electron chi connectivity index (χ3n) is 5.12. The topological polar surface area (TPSA) is 12.0 Å². The van der Waals surface area contributed by atoms with E-state index in [2.05, 4.69) is 30.3 Å². The summed E-state index contributed by atoms with van der Waals surface area (Å²) in [4.78, 5) is 0. The summed E-state index contributed by atoms with van der Waals surface area (Å²) >= 11 is 2.09. The first-order chi connectivity index (χ1) is 8.83. The largest absolute Gasteiger partial charge is 0.310 e. The zero-order valence-corrected chi connectivity index (χ0v) is 13.1. The van der Waals surface area contributed by atoms with Crippen molar-refractivity contribution in [1.29, 1.82) is 0 Å². The summed E-state index contributed by atoms with van der Waals surface area (Å²) < 4.78 is 0. The van der Waals surface area contributed by atoms with Crippen molar-refractivity contribution in [3.63, 3.8) is 0 Å². The molecule has 0 amide bonds. The van der Waals surface area contributed by atoms with E-state index in [1.165, 1.54) is 64.2 Å². The second-order valence-electron chi connectivity index (χ2n) is 6.31.